The van der Waals surface area contributed by atoms with Gasteiger partial charge >= 0.3 is 0 Å². The number of nitrogens with zero attached hydrogens (tertiary/aromatic N) is 4. The summed E-state index contributed by atoms with van der Waals surface area (Å²) in [6, 6.07) is 13.1. The third-order valence-electron chi connectivity index (χ3n) is 5.95. The Hall–Kier alpha value is -3.88. The molecule has 9 nitrogen and oxygen atoms in total. The average molecular weight is 432 g/mol. The van der Waals surface area contributed by atoms with Gasteiger partial charge in [0.05, 0.1) is 12.3 Å². The molecule has 162 valence electrons. The van der Waals surface area contributed by atoms with E-state index in [1.165, 1.54) is 0 Å². The maximum Gasteiger partial charge on any atom is 0.247 e. The molecule has 0 saturated carbocycles. The van der Waals surface area contributed by atoms with Crippen LogP contribution in [0, 0.1) is 0 Å². The minimum atomic E-state index is -0.00277. The number of fused-ring (bicyclic) bond motifs is 2. The van der Waals surface area contributed by atoms with Gasteiger partial charge in [-0.25, -0.2) is 0 Å². The van der Waals surface area contributed by atoms with Crippen molar-refractivity contribution in [2.45, 2.75) is 25.2 Å². The van der Waals surface area contributed by atoms with Crippen LogP contribution in [-0.4, -0.2) is 46.0 Å². The highest BCUT2D eigenvalue weighted by molar-refractivity contribution is 5.86. The highest BCUT2D eigenvalue weighted by atomic mass is 16.7. The second-order valence-electron chi connectivity index (χ2n) is 7.99. The van der Waals surface area contributed by atoms with Crippen molar-refractivity contribution in [1.29, 1.82) is 0 Å². The van der Waals surface area contributed by atoms with E-state index in [1.54, 1.807) is 0 Å². The molecule has 1 fully saturated rings. The average Bonchev–Trinajstić information content (AvgIpc) is 3.58. The number of carbonyl (C=O) groups excluding carboxylic acids is 1. The summed E-state index contributed by atoms with van der Waals surface area (Å²) in [6.07, 6.45) is 1.97. The maximum absolute atomic E-state index is 13.0. The zero-order chi connectivity index (χ0) is 21.5. The lowest BCUT2D eigenvalue weighted by Crippen LogP contribution is -2.40. The van der Waals surface area contributed by atoms with E-state index in [0.29, 0.717) is 47.6 Å². The summed E-state index contributed by atoms with van der Waals surface area (Å²) in [4.78, 5) is 14.8. The Kier molecular flexibility index (Phi) is 4.52. The van der Waals surface area contributed by atoms with Crippen molar-refractivity contribution >= 4 is 16.9 Å². The van der Waals surface area contributed by atoms with Gasteiger partial charge in [-0.15, -0.1) is 10.2 Å². The number of para-hydroxylation sites is 1. The van der Waals surface area contributed by atoms with Crippen molar-refractivity contribution in [3.8, 4) is 23.0 Å². The molecule has 6 rings (SSSR count). The summed E-state index contributed by atoms with van der Waals surface area (Å²) < 4.78 is 22.1. The molecule has 2 aliphatic rings. The number of hydrogen-bond acceptors (Lipinski definition) is 8. The molecule has 32 heavy (non-hydrogen) atoms. The Morgan fingerprint density at radius 3 is 2.97 bits per heavy atom. The molecule has 1 unspecified atom stereocenters. The summed E-state index contributed by atoms with van der Waals surface area (Å²) in [6.45, 7) is 1.45. The number of likely N-dealkylation sites (tertiary alicyclic amines) is 1. The molecule has 0 N–H and O–H groups in total. The molecule has 1 amide bonds. The molecular weight excluding hydrogens is 412 g/mol. The van der Waals surface area contributed by atoms with Crippen LogP contribution in [0.15, 0.2) is 51.4 Å². The second kappa shape index (κ2) is 7.67. The van der Waals surface area contributed by atoms with Crippen LogP contribution in [0.1, 0.15) is 30.3 Å². The fourth-order valence-corrected chi connectivity index (χ4v) is 4.27. The molecular formula is C23H20N4O5. The van der Waals surface area contributed by atoms with Crippen LogP contribution < -0.4 is 9.47 Å². The molecule has 0 radical (unpaired) electrons. The van der Waals surface area contributed by atoms with Crippen LogP contribution in [-0.2, 0) is 11.2 Å². The number of carbonyl (C=O) groups is 1. The number of benzene rings is 2. The maximum atomic E-state index is 13.0. The summed E-state index contributed by atoms with van der Waals surface area (Å²) in [7, 11) is 0. The molecule has 2 aliphatic heterocycles. The normalized spacial score (nSPS) is 17.8. The molecule has 0 bridgehead atoms. The van der Waals surface area contributed by atoms with E-state index in [2.05, 4.69) is 15.4 Å². The van der Waals surface area contributed by atoms with Crippen LogP contribution >= 0.6 is 0 Å². The predicted molar refractivity (Wildman–Crippen MR) is 112 cm³/mol. The van der Waals surface area contributed by atoms with Crippen molar-refractivity contribution in [1.82, 2.24) is 20.3 Å². The van der Waals surface area contributed by atoms with Gasteiger partial charge in [0.1, 0.15) is 5.69 Å². The first-order valence-electron chi connectivity index (χ1n) is 10.6. The largest absolute Gasteiger partial charge is 0.454 e. The monoisotopic (exact) mass is 432 g/mol. The van der Waals surface area contributed by atoms with E-state index in [1.807, 2.05) is 47.4 Å². The van der Waals surface area contributed by atoms with Gasteiger partial charge in [-0.3, -0.25) is 4.79 Å². The second-order valence-corrected chi connectivity index (χ2v) is 7.99. The van der Waals surface area contributed by atoms with Gasteiger partial charge in [0.15, 0.2) is 17.1 Å². The zero-order valence-corrected chi connectivity index (χ0v) is 17.2. The van der Waals surface area contributed by atoms with Gasteiger partial charge in [0, 0.05) is 24.0 Å². The summed E-state index contributed by atoms with van der Waals surface area (Å²) in [5.41, 5.74) is 2.12. The Morgan fingerprint density at radius 1 is 1.09 bits per heavy atom. The summed E-state index contributed by atoms with van der Waals surface area (Å²) in [5, 5.41) is 13.4. The topological polar surface area (TPSA) is 104 Å². The van der Waals surface area contributed by atoms with Gasteiger partial charge < -0.3 is 23.3 Å². The van der Waals surface area contributed by atoms with Crippen molar-refractivity contribution < 1.29 is 23.2 Å². The SMILES string of the molecule is O=C(Cc1noc2ccccc12)N1CCCC(c2nnc(-c3ccc4c(c3)OCO4)o2)C1. The molecule has 4 heterocycles. The Balaban J connectivity index is 1.16. The lowest BCUT2D eigenvalue weighted by molar-refractivity contribution is -0.131. The van der Waals surface area contributed by atoms with Crippen LogP contribution in [0.3, 0.4) is 0 Å². The molecule has 0 spiro atoms. The number of amides is 1. The van der Waals surface area contributed by atoms with E-state index >= 15 is 0 Å². The first-order chi connectivity index (χ1) is 15.7. The van der Waals surface area contributed by atoms with E-state index in [9.17, 15) is 4.79 Å². The predicted octanol–water partition coefficient (Wildman–Crippen LogP) is 3.56. The molecule has 9 heteroatoms. The quantitative estimate of drug-likeness (QED) is 0.482. The Labute approximate surface area is 182 Å². The summed E-state index contributed by atoms with van der Waals surface area (Å²) in [5.74, 6) is 2.35. The molecule has 1 saturated heterocycles. The molecule has 0 aliphatic carbocycles. The van der Waals surface area contributed by atoms with E-state index in [-0.39, 0.29) is 25.0 Å². The van der Waals surface area contributed by atoms with Crippen molar-refractivity contribution in [3.05, 3.63) is 54.0 Å². The smallest absolute Gasteiger partial charge is 0.247 e. The van der Waals surface area contributed by atoms with Crippen LogP contribution in [0.2, 0.25) is 0 Å². The zero-order valence-electron chi connectivity index (χ0n) is 17.2. The van der Waals surface area contributed by atoms with Crippen LogP contribution in [0.4, 0.5) is 0 Å². The third kappa shape index (κ3) is 3.35. The van der Waals surface area contributed by atoms with Gasteiger partial charge in [-0.1, -0.05) is 17.3 Å². The standard InChI is InChI=1S/C23H20N4O5/c28-21(11-17-16-5-1-2-6-18(16)32-26-17)27-9-3-4-15(12-27)23-25-24-22(31-23)14-7-8-19-20(10-14)30-13-29-19/h1-2,5-8,10,15H,3-4,9,11-13H2. The van der Waals surface area contributed by atoms with Gasteiger partial charge in [-0.2, -0.15) is 0 Å². The first-order valence-corrected chi connectivity index (χ1v) is 10.6. The third-order valence-corrected chi connectivity index (χ3v) is 5.95. The molecule has 2 aromatic carbocycles. The Bertz CT molecular complexity index is 1300. The number of piperidine rings is 1. The summed E-state index contributed by atoms with van der Waals surface area (Å²) >= 11 is 0. The molecule has 4 aromatic rings. The minimum absolute atomic E-state index is 0.00277. The fraction of sp³-hybridized carbons (Fsp3) is 0.304. The molecule has 1 atom stereocenters. The highest BCUT2D eigenvalue weighted by Crippen LogP contribution is 2.36. The molecule has 2 aromatic heterocycles. The lowest BCUT2D eigenvalue weighted by Gasteiger charge is -2.31. The first kappa shape index (κ1) is 18.9. The van der Waals surface area contributed by atoms with Crippen molar-refractivity contribution in [2.75, 3.05) is 19.9 Å². The highest BCUT2D eigenvalue weighted by Gasteiger charge is 2.29. The van der Waals surface area contributed by atoms with Crippen molar-refractivity contribution in [3.63, 3.8) is 0 Å². The van der Waals surface area contributed by atoms with E-state index < -0.39 is 0 Å². The van der Waals surface area contributed by atoms with Gasteiger partial charge in [-0.05, 0) is 43.2 Å². The van der Waals surface area contributed by atoms with E-state index in [0.717, 1.165) is 23.8 Å². The number of rotatable bonds is 4. The van der Waals surface area contributed by atoms with E-state index in [4.69, 9.17) is 18.4 Å². The number of ether oxygens (including phenoxy) is 2. The van der Waals surface area contributed by atoms with Gasteiger partial charge in [0.25, 0.3) is 0 Å². The van der Waals surface area contributed by atoms with Crippen LogP contribution in [0.25, 0.3) is 22.4 Å². The van der Waals surface area contributed by atoms with Crippen molar-refractivity contribution in [2.24, 2.45) is 0 Å². The fourth-order valence-electron chi connectivity index (χ4n) is 4.27. The Morgan fingerprint density at radius 2 is 2.00 bits per heavy atom. The van der Waals surface area contributed by atoms with Gasteiger partial charge in [0.2, 0.25) is 24.5 Å². The number of aromatic nitrogens is 3. The van der Waals surface area contributed by atoms with Crippen LogP contribution in [0.5, 0.6) is 11.5 Å². The number of hydrogen-bond donors (Lipinski definition) is 0. The minimum Gasteiger partial charge on any atom is -0.454 e. The lowest BCUT2D eigenvalue weighted by atomic mass is 9.97.